The Kier molecular flexibility index (Phi) is 5.90. The number of para-hydroxylation sites is 1. The van der Waals surface area contributed by atoms with E-state index in [0.29, 0.717) is 0 Å². The van der Waals surface area contributed by atoms with Crippen molar-refractivity contribution in [2.75, 3.05) is 4.81 Å². The molecule has 8 aromatic carbocycles. The highest BCUT2D eigenvalue weighted by molar-refractivity contribution is 7.26. The fourth-order valence-corrected chi connectivity index (χ4v) is 12.7. The minimum Gasteiger partial charge on any atom is -0.456 e. The first-order valence-corrected chi connectivity index (χ1v) is 21.7. The van der Waals surface area contributed by atoms with Crippen LogP contribution in [0.15, 0.2) is 150 Å². The number of hydrogen-bond acceptors (Lipinski definition) is 4. The van der Waals surface area contributed by atoms with Gasteiger partial charge in [-0.15, -0.1) is 22.7 Å². The normalized spacial score (nSPS) is 13.7. The lowest BCUT2D eigenvalue weighted by molar-refractivity contribution is 0.590. The molecule has 2 aliphatic rings. The standard InChI is InChI=1S/C52H33BN2OS2/c1-52(2,3)28-16-18-29(19-17-28)55-42-24-39-32-12-6-9-15-47(32)57-48(39)26-36(42)33-20-21-34-35-25-45-37(30-10-4-7-13-44(30)56-45)23-41(35)54-43-27-49-38(31-11-5-8-14-46(31)58-49)22-40(43)53(55)50(33)51(34)54/h4-27H,1-3H3. The molecule has 2 aliphatic heterocycles. The van der Waals surface area contributed by atoms with Gasteiger partial charge in [0.1, 0.15) is 11.2 Å². The molecule has 14 rings (SSSR count). The summed E-state index contributed by atoms with van der Waals surface area (Å²) in [5.74, 6) is 0. The predicted octanol–water partition coefficient (Wildman–Crippen LogP) is 14.0. The maximum absolute atomic E-state index is 6.54. The number of rotatable bonds is 1. The van der Waals surface area contributed by atoms with Crippen molar-refractivity contribution in [2.45, 2.75) is 26.2 Å². The number of benzene rings is 8. The van der Waals surface area contributed by atoms with Crippen LogP contribution in [0.3, 0.4) is 0 Å². The molecule has 0 aliphatic carbocycles. The van der Waals surface area contributed by atoms with Crippen LogP contribution in [0.1, 0.15) is 26.3 Å². The van der Waals surface area contributed by atoms with Crippen molar-refractivity contribution in [2.24, 2.45) is 0 Å². The number of aromatic nitrogens is 1. The zero-order valence-corrected chi connectivity index (χ0v) is 33.7. The van der Waals surface area contributed by atoms with E-state index in [1.54, 1.807) is 0 Å². The van der Waals surface area contributed by atoms with Crippen LogP contribution >= 0.6 is 22.7 Å². The van der Waals surface area contributed by atoms with Crippen LogP contribution in [0.5, 0.6) is 0 Å². The second-order valence-electron chi connectivity index (χ2n) is 17.3. The van der Waals surface area contributed by atoms with Crippen LogP contribution in [0, 0.1) is 0 Å². The lowest BCUT2D eigenvalue weighted by Crippen LogP contribution is -2.60. The van der Waals surface area contributed by atoms with Gasteiger partial charge in [-0.25, -0.2) is 0 Å². The zero-order chi connectivity index (χ0) is 38.2. The topological polar surface area (TPSA) is 21.3 Å². The molecule has 0 spiro atoms. The average molecular weight is 777 g/mol. The van der Waals surface area contributed by atoms with Gasteiger partial charge in [0.2, 0.25) is 0 Å². The Morgan fingerprint density at radius 2 is 1.19 bits per heavy atom. The van der Waals surface area contributed by atoms with E-state index >= 15 is 0 Å². The summed E-state index contributed by atoms with van der Waals surface area (Å²) in [6, 6.07) is 55.2. The molecule has 0 fully saturated rings. The van der Waals surface area contributed by atoms with E-state index < -0.39 is 0 Å². The van der Waals surface area contributed by atoms with Crippen LogP contribution in [-0.2, 0) is 5.41 Å². The van der Waals surface area contributed by atoms with Gasteiger partial charge in [-0.1, -0.05) is 106 Å². The highest BCUT2D eigenvalue weighted by Crippen LogP contribution is 2.50. The molecular weight excluding hydrogens is 744 g/mol. The van der Waals surface area contributed by atoms with Gasteiger partial charge in [-0.2, -0.15) is 0 Å². The average Bonchev–Trinajstić information content (AvgIpc) is 3.99. The fourth-order valence-electron chi connectivity index (χ4n) is 10.4. The van der Waals surface area contributed by atoms with Gasteiger partial charge in [0.25, 0.3) is 0 Å². The lowest BCUT2D eigenvalue weighted by atomic mass is 9.44. The largest absolute Gasteiger partial charge is 0.456 e. The first-order chi connectivity index (χ1) is 28.4. The van der Waals surface area contributed by atoms with Crippen molar-refractivity contribution >= 4 is 136 Å². The molecule has 0 atom stereocenters. The molecule has 3 nitrogen and oxygen atoms in total. The molecule has 0 radical (unpaired) electrons. The van der Waals surface area contributed by atoms with Crippen molar-refractivity contribution in [3.63, 3.8) is 0 Å². The third-order valence-electron chi connectivity index (χ3n) is 13.1. The summed E-state index contributed by atoms with van der Waals surface area (Å²) in [4.78, 5) is 2.68. The molecule has 6 heterocycles. The molecule has 272 valence electrons. The van der Waals surface area contributed by atoms with Crippen molar-refractivity contribution in [1.29, 1.82) is 0 Å². The quantitative estimate of drug-likeness (QED) is 0.155. The van der Waals surface area contributed by atoms with Crippen molar-refractivity contribution in [1.82, 2.24) is 4.57 Å². The number of nitrogens with zero attached hydrogens (tertiary/aromatic N) is 2. The van der Waals surface area contributed by atoms with Gasteiger partial charge in [0.05, 0.1) is 11.0 Å². The number of hydrogen-bond donors (Lipinski definition) is 0. The number of furan rings is 1. The SMILES string of the molecule is CC(C)(C)c1ccc(N2B3c4cc5c(cc4-n4c6cc7c(cc6c6ccc(c3c64)-c3cc4sc6ccccc6c4cc32)oc2ccccc27)sc2ccccc25)cc1. The van der Waals surface area contributed by atoms with E-state index in [-0.39, 0.29) is 12.3 Å². The van der Waals surface area contributed by atoms with Crippen LogP contribution in [0.25, 0.3) is 101 Å². The van der Waals surface area contributed by atoms with Crippen LogP contribution in [0.4, 0.5) is 11.4 Å². The third kappa shape index (κ3) is 3.99. The monoisotopic (exact) mass is 776 g/mol. The van der Waals surface area contributed by atoms with Crippen molar-refractivity contribution < 1.29 is 4.42 Å². The minimum absolute atomic E-state index is 0.0490. The second kappa shape index (κ2) is 10.8. The molecule has 58 heavy (non-hydrogen) atoms. The van der Waals surface area contributed by atoms with Crippen molar-refractivity contribution in [3.05, 3.63) is 151 Å². The van der Waals surface area contributed by atoms with Crippen molar-refractivity contribution in [3.8, 4) is 16.8 Å². The maximum Gasteiger partial charge on any atom is 0.333 e. The highest BCUT2D eigenvalue weighted by atomic mass is 32.1. The predicted molar refractivity (Wildman–Crippen MR) is 252 cm³/mol. The lowest BCUT2D eigenvalue weighted by Gasteiger charge is -2.42. The Morgan fingerprint density at radius 3 is 1.95 bits per heavy atom. The first kappa shape index (κ1) is 31.7. The summed E-state index contributed by atoms with van der Waals surface area (Å²) in [6.07, 6.45) is 0. The molecule has 0 N–H and O–H groups in total. The second-order valence-corrected chi connectivity index (χ2v) is 19.4. The summed E-state index contributed by atoms with van der Waals surface area (Å²) in [5.41, 5.74) is 14.8. The van der Waals surface area contributed by atoms with Gasteiger partial charge in [0, 0.05) is 84.5 Å². The molecule has 0 amide bonds. The van der Waals surface area contributed by atoms with Crippen LogP contribution < -0.4 is 15.7 Å². The maximum atomic E-state index is 6.54. The van der Waals surface area contributed by atoms with Gasteiger partial charge in [-0.05, 0) is 88.1 Å². The number of thiophene rings is 2. The van der Waals surface area contributed by atoms with Gasteiger partial charge in [-0.3, -0.25) is 0 Å². The Bertz CT molecular complexity index is 3800. The van der Waals surface area contributed by atoms with Gasteiger partial charge in [0.15, 0.2) is 0 Å². The van der Waals surface area contributed by atoms with E-state index in [9.17, 15) is 0 Å². The summed E-state index contributed by atoms with van der Waals surface area (Å²) in [5, 5.41) is 10.1. The van der Waals surface area contributed by atoms with Crippen LogP contribution in [0.2, 0.25) is 0 Å². The summed E-state index contributed by atoms with van der Waals surface area (Å²) in [7, 11) is 0. The highest BCUT2D eigenvalue weighted by Gasteiger charge is 2.44. The Labute approximate surface area is 342 Å². The van der Waals surface area contributed by atoms with Gasteiger partial charge < -0.3 is 13.8 Å². The van der Waals surface area contributed by atoms with Crippen LogP contribution in [-0.4, -0.2) is 11.4 Å². The number of anilines is 2. The third-order valence-corrected chi connectivity index (χ3v) is 15.4. The Morgan fingerprint density at radius 1 is 0.500 bits per heavy atom. The first-order valence-electron chi connectivity index (χ1n) is 20.1. The summed E-state index contributed by atoms with van der Waals surface area (Å²) in [6.45, 7) is 6.84. The van der Waals surface area contributed by atoms with Gasteiger partial charge >= 0.3 is 6.85 Å². The smallest absolute Gasteiger partial charge is 0.333 e. The van der Waals surface area contributed by atoms with E-state index in [2.05, 4.69) is 176 Å². The Balaban J connectivity index is 1.17. The molecule has 12 aromatic rings. The zero-order valence-electron chi connectivity index (χ0n) is 32.1. The molecule has 0 bridgehead atoms. The molecule has 0 saturated heterocycles. The van der Waals surface area contributed by atoms with E-state index in [4.69, 9.17) is 4.42 Å². The summed E-state index contributed by atoms with van der Waals surface area (Å²) >= 11 is 3.80. The van der Waals surface area contributed by atoms with E-state index in [0.717, 1.165) is 21.9 Å². The van der Waals surface area contributed by atoms with E-state index in [1.165, 1.54) is 107 Å². The fraction of sp³-hybridized carbons (Fsp3) is 0.0769. The Hall–Kier alpha value is -6.34. The van der Waals surface area contributed by atoms with E-state index in [1.807, 2.05) is 22.7 Å². The molecule has 6 heteroatoms. The summed E-state index contributed by atoms with van der Waals surface area (Å²) < 4.78 is 14.4. The number of fused-ring (bicyclic) bond motifs is 17. The minimum atomic E-state index is -0.0623. The molecule has 0 saturated carbocycles. The molecular formula is C52H33BN2OS2. The molecule has 0 unspecified atom stereocenters. The molecule has 4 aromatic heterocycles.